The molecule has 1 aliphatic heterocycles. The van der Waals surface area contributed by atoms with Crippen molar-refractivity contribution in [2.45, 2.75) is 25.8 Å². The molecule has 0 amide bonds. The van der Waals surface area contributed by atoms with Crippen molar-refractivity contribution in [2.75, 3.05) is 26.7 Å². The van der Waals surface area contributed by atoms with Crippen LogP contribution in [0.15, 0.2) is 24.3 Å². The number of rotatable bonds is 3. The summed E-state index contributed by atoms with van der Waals surface area (Å²) in [6.07, 6.45) is 2.42. The summed E-state index contributed by atoms with van der Waals surface area (Å²) in [4.78, 5) is 2.44. The van der Waals surface area contributed by atoms with Gasteiger partial charge < -0.3 is 5.32 Å². The van der Waals surface area contributed by atoms with Gasteiger partial charge in [-0.3, -0.25) is 4.90 Å². The molecule has 1 fully saturated rings. The van der Waals surface area contributed by atoms with Crippen LogP contribution >= 0.6 is 0 Å². The Labute approximate surface area is 98.7 Å². The van der Waals surface area contributed by atoms with Gasteiger partial charge in [-0.25, -0.2) is 0 Å². The quantitative estimate of drug-likeness (QED) is 0.837. The second kappa shape index (κ2) is 5.46. The van der Waals surface area contributed by atoms with Crippen molar-refractivity contribution in [3.63, 3.8) is 0 Å². The monoisotopic (exact) mass is 218 g/mol. The number of likely N-dealkylation sites (N-methyl/N-ethyl adjacent to an activating group) is 1. The minimum atomic E-state index is 0.546. The first-order chi connectivity index (χ1) is 7.81. The molecular weight excluding hydrogens is 196 g/mol. The van der Waals surface area contributed by atoms with E-state index in [4.69, 9.17) is 0 Å². The second-order valence-corrected chi connectivity index (χ2v) is 4.69. The summed E-state index contributed by atoms with van der Waals surface area (Å²) in [5.41, 5.74) is 2.90. The molecule has 2 rings (SSSR count). The molecule has 16 heavy (non-hydrogen) atoms. The zero-order valence-electron chi connectivity index (χ0n) is 10.4. The molecule has 1 aromatic rings. The first-order valence-electron chi connectivity index (χ1n) is 6.31. The van der Waals surface area contributed by atoms with Gasteiger partial charge in [0.1, 0.15) is 0 Å². The van der Waals surface area contributed by atoms with Crippen molar-refractivity contribution >= 4 is 0 Å². The SMILES string of the molecule is CCCc1ccc(C2CNCCN2C)cc1. The summed E-state index contributed by atoms with van der Waals surface area (Å²) in [6.45, 7) is 5.55. The largest absolute Gasteiger partial charge is 0.314 e. The standard InChI is InChI=1S/C14H22N2/c1-3-4-12-5-7-13(8-6-12)14-11-15-9-10-16(14)2/h5-8,14-15H,3-4,9-11H2,1-2H3. The van der Waals surface area contributed by atoms with Gasteiger partial charge in [0.05, 0.1) is 0 Å². The summed E-state index contributed by atoms with van der Waals surface area (Å²) < 4.78 is 0. The van der Waals surface area contributed by atoms with Crippen LogP contribution in [0.4, 0.5) is 0 Å². The molecule has 0 spiro atoms. The predicted octanol–water partition coefficient (Wildman–Crippen LogP) is 2.22. The van der Waals surface area contributed by atoms with E-state index in [0.717, 1.165) is 19.6 Å². The Morgan fingerprint density at radius 1 is 1.31 bits per heavy atom. The lowest BCUT2D eigenvalue weighted by atomic mass is 10.0. The van der Waals surface area contributed by atoms with Gasteiger partial charge >= 0.3 is 0 Å². The minimum Gasteiger partial charge on any atom is -0.314 e. The van der Waals surface area contributed by atoms with Gasteiger partial charge in [0.25, 0.3) is 0 Å². The Morgan fingerprint density at radius 3 is 2.69 bits per heavy atom. The number of aryl methyl sites for hydroxylation is 1. The summed E-state index contributed by atoms with van der Waals surface area (Å²) >= 11 is 0. The smallest absolute Gasteiger partial charge is 0.0470 e. The lowest BCUT2D eigenvalue weighted by molar-refractivity contribution is 0.202. The molecule has 1 heterocycles. The fourth-order valence-electron chi connectivity index (χ4n) is 2.37. The van der Waals surface area contributed by atoms with E-state index in [2.05, 4.69) is 48.5 Å². The molecule has 0 aromatic heterocycles. The van der Waals surface area contributed by atoms with Crippen LogP contribution < -0.4 is 5.32 Å². The third-order valence-electron chi connectivity index (χ3n) is 3.41. The Bertz CT molecular complexity index is 318. The molecule has 0 saturated carbocycles. The van der Waals surface area contributed by atoms with Crippen LogP contribution in [0.25, 0.3) is 0 Å². The van der Waals surface area contributed by atoms with E-state index in [1.807, 2.05) is 0 Å². The Morgan fingerprint density at radius 2 is 2.06 bits per heavy atom. The number of nitrogens with one attached hydrogen (secondary N) is 1. The lowest BCUT2D eigenvalue weighted by Crippen LogP contribution is -2.43. The van der Waals surface area contributed by atoms with E-state index in [9.17, 15) is 0 Å². The van der Waals surface area contributed by atoms with E-state index >= 15 is 0 Å². The fourth-order valence-corrected chi connectivity index (χ4v) is 2.37. The van der Waals surface area contributed by atoms with E-state index < -0.39 is 0 Å². The highest BCUT2D eigenvalue weighted by molar-refractivity contribution is 5.25. The fraction of sp³-hybridized carbons (Fsp3) is 0.571. The predicted molar refractivity (Wildman–Crippen MR) is 68.7 cm³/mol. The average molecular weight is 218 g/mol. The number of benzene rings is 1. The summed E-state index contributed by atoms with van der Waals surface area (Å²) in [7, 11) is 2.21. The highest BCUT2D eigenvalue weighted by atomic mass is 15.2. The van der Waals surface area contributed by atoms with Gasteiger partial charge in [0.15, 0.2) is 0 Å². The molecule has 88 valence electrons. The topological polar surface area (TPSA) is 15.3 Å². The van der Waals surface area contributed by atoms with E-state index in [-0.39, 0.29) is 0 Å². The molecule has 1 aliphatic rings. The molecular formula is C14H22N2. The Kier molecular flexibility index (Phi) is 3.97. The zero-order valence-corrected chi connectivity index (χ0v) is 10.4. The summed E-state index contributed by atoms with van der Waals surface area (Å²) in [5.74, 6) is 0. The molecule has 1 unspecified atom stereocenters. The van der Waals surface area contributed by atoms with Crippen molar-refractivity contribution in [3.8, 4) is 0 Å². The molecule has 0 aliphatic carbocycles. The number of hydrogen-bond donors (Lipinski definition) is 1. The van der Waals surface area contributed by atoms with Crippen molar-refractivity contribution in [2.24, 2.45) is 0 Å². The molecule has 0 radical (unpaired) electrons. The van der Waals surface area contributed by atoms with Crippen molar-refractivity contribution < 1.29 is 0 Å². The average Bonchev–Trinajstić information content (AvgIpc) is 2.31. The summed E-state index contributed by atoms with van der Waals surface area (Å²) in [6, 6.07) is 9.69. The number of piperazine rings is 1. The lowest BCUT2D eigenvalue weighted by Gasteiger charge is -2.33. The van der Waals surface area contributed by atoms with Crippen molar-refractivity contribution in [1.29, 1.82) is 0 Å². The van der Waals surface area contributed by atoms with Gasteiger partial charge in [0, 0.05) is 25.7 Å². The first-order valence-corrected chi connectivity index (χ1v) is 6.31. The molecule has 0 bridgehead atoms. The van der Waals surface area contributed by atoms with Gasteiger partial charge in [-0.1, -0.05) is 37.6 Å². The highest BCUT2D eigenvalue weighted by Gasteiger charge is 2.19. The zero-order chi connectivity index (χ0) is 11.4. The molecule has 2 nitrogen and oxygen atoms in total. The normalized spacial score (nSPS) is 22.2. The first kappa shape index (κ1) is 11.6. The summed E-state index contributed by atoms with van der Waals surface area (Å²) in [5, 5.41) is 3.46. The molecule has 1 N–H and O–H groups in total. The van der Waals surface area contributed by atoms with E-state index in [1.165, 1.54) is 24.0 Å². The maximum absolute atomic E-state index is 3.46. The van der Waals surface area contributed by atoms with Gasteiger partial charge in [-0.2, -0.15) is 0 Å². The van der Waals surface area contributed by atoms with Crippen LogP contribution in [-0.4, -0.2) is 31.6 Å². The minimum absolute atomic E-state index is 0.546. The number of hydrogen-bond acceptors (Lipinski definition) is 2. The third-order valence-corrected chi connectivity index (χ3v) is 3.41. The molecule has 1 atom stereocenters. The molecule has 1 aromatic carbocycles. The van der Waals surface area contributed by atoms with Gasteiger partial charge in [0.2, 0.25) is 0 Å². The molecule has 2 heteroatoms. The Balaban J connectivity index is 2.08. The second-order valence-electron chi connectivity index (χ2n) is 4.69. The van der Waals surface area contributed by atoms with Gasteiger partial charge in [-0.15, -0.1) is 0 Å². The van der Waals surface area contributed by atoms with Gasteiger partial charge in [-0.05, 0) is 24.6 Å². The Hall–Kier alpha value is -0.860. The van der Waals surface area contributed by atoms with Crippen LogP contribution in [0, 0.1) is 0 Å². The molecule has 1 saturated heterocycles. The maximum Gasteiger partial charge on any atom is 0.0470 e. The van der Waals surface area contributed by atoms with Crippen LogP contribution in [-0.2, 0) is 6.42 Å². The highest BCUT2D eigenvalue weighted by Crippen LogP contribution is 2.21. The van der Waals surface area contributed by atoms with E-state index in [1.54, 1.807) is 0 Å². The van der Waals surface area contributed by atoms with Crippen LogP contribution in [0.5, 0.6) is 0 Å². The van der Waals surface area contributed by atoms with Crippen molar-refractivity contribution in [3.05, 3.63) is 35.4 Å². The third kappa shape index (κ3) is 2.63. The van der Waals surface area contributed by atoms with Crippen LogP contribution in [0.2, 0.25) is 0 Å². The van der Waals surface area contributed by atoms with E-state index in [0.29, 0.717) is 6.04 Å². The van der Waals surface area contributed by atoms with Crippen LogP contribution in [0.1, 0.15) is 30.5 Å². The number of nitrogens with zero attached hydrogens (tertiary/aromatic N) is 1. The van der Waals surface area contributed by atoms with Crippen LogP contribution in [0.3, 0.4) is 0 Å². The van der Waals surface area contributed by atoms with Crippen molar-refractivity contribution in [1.82, 2.24) is 10.2 Å². The maximum atomic E-state index is 3.46.